The van der Waals surface area contributed by atoms with Gasteiger partial charge in [0.05, 0.1) is 18.6 Å². The Morgan fingerprint density at radius 2 is 1.90 bits per heavy atom. The van der Waals surface area contributed by atoms with Gasteiger partial charge in [-0.15, -0.1) is 0 Å². The SMILES string of the molecule is COc1nc(C)nc(NC2CCC(C(=O)O)CC2)c1C. The standard InChI is InChI=1S/C14H21N3O3/c1-8-12(15-9(2)16-13(8)20-3)17-11-6-4-10(5-7-11)14(18)19/h10-11H,4-7H2,1-3H3,(H,18,19)(H,15,16,17). The van der Waals surface area contributed by atoms with Gasteiger partial charge in [0, 0.05) is 6.04 Å². The first-order chi connectivity index (χ1) is 9.51. The number of aromatic nitrogens is 2. The zero-order valence-corrected chi connectivity index (χ0v) is 12.1. The highest BCUT2D eigenvalue weighted by Crippen LogP contribution is 2.28. The second-order valence-electron chi connectivity index (χ2n) is 5.28. The van der Waals surface area contributed by atoms with Gasteiger partial charge < -0.3 is 15.2 Å². The number of hydrogen-bond donors (Lipinski definition) is 2. The van der Waals surface area contributed by atoms with Gasteiger partial charge in [-0.2, -0.15) is 4.98 Å². The van der Waals surface area contributed by atoms with E-state index in [1.54, 1.807) is 7.11 Å². The molecule has 0 unspecified atom stereocenters. The minimum Gasteiger partial charge on any atom is -0.481 e. The average molecular weight is 279 g/mol. The fraction of sp³-hybridized carbons (Fsp3) is 0.643. The van der Waals surface area contributed by atoms with Crippen LogP contribution in [0, 0.1) is 19.8 Å². The van der Waals surface area contributed by atoms with Crippen molar-refractivity contribution in [3.8, 4) is 5.88 Å². The van der Waals surface area contributed by atoms with Crippen LogP contribution >= 0.6 is 0 Å². The zero-order valence-electron chi connectivity index (χ0n) is 12.1. The van der Waals surface area contributed by atoms with Crippen LogP contribution in [0.25, 0.3) is 0 Å². The normalized spacial score (nSPS) is 22.4. The first-order valence-corrected chi connectivity index (χ1v) is 6.89. The molecule has 1 aliphatic rings. The molecule has 6 heteroatoms. The maximum Gasteiger partial charge on any atom is 0.306 e. The van der Waals surface area contributed by atoms with Gasteiger partial charge in [0.15, 0.2) is 0 Å². The van der Waals surface area contributed by atoms with Crippen LogP contribution in [0.2, 0.25) is 0 Å². The molecule has 6 nitrogen and oxygen atoms in total. The van der Waals surface area contributed by atoms with E-state index in [-0.39, 0.29) is 12.0 Å². The summed E-state index contributed by atoms with van der Waals surface area (Å²) in [6.07, 6.45) is 3.13. The summed E-state index contributed by atoms with van der Waals surface area (Å²) in [4.78, 5) is 19.6. The summed E-state index contributed by atoms with van der Waals surface area (Å²) in [5.41, 5.74) is 0.887. The smallest absolute Gasteiger partial charge is 0.306 e. The summed E-state index contributed by atoms with van der Waals surface area (Å²) in [5, 5.41) is 12.4. The van der Waals surface area contributed by atoms with Gasteiger partial charge in [-0.3, -0.25) is 4.79 Å². The molecular weight excluding hydrogens is 258 g/mol. The van der Waals surface area contributed by atoms with E-state index < -0.39 is 5.97 Å². The summed E-state index contributed by atoms with van der Waals surface area (Å²) in [5.74, 6) is 1.15. The van der Waals surface area contributed by atoms with Gasteiger partial charge in [0.2, 0.25) is 5.88 Å². The van der Waals surface area contributed by atoms with Crippen LogP contribution in [0.5, 0.6) is 5.88 Å². The minimum absolute atomic E-state index is 0.198. The number of aryl methyl sites for hydroxylation is 1. The van der Waals surface area contributed by atoms with Gasteiger partial charge in [-0.1, -0.05) is 0 Å². The summed E-state index contributed by atoms with van der Waals surface area (Å²) in [6, 6.07) is 0.267. The van der Waals surface area contributed by atoms with Crippen LogP contribution in [-0.2, 0) is 4.79 Å². The van der Waals surface area contributed by atoms with Crippen LogP contribution in [-0.4, -0.2) is 34.2 Å². The van der Waals surface area contributed by atoms with Crippen molar-refractivity contribution < 1.29 is 14.6 Å². The maximum atomic E-state index is 10.9. The van der Waals surface area contributed by atoms with Gasteiger partial charge >= 0.3 is 5.97 Å². The fourth-order valence-electron chi connectivity index (χ4n) is 2.62. The van der Waals surface area contributed by atoms with Gasteiger partial charge in [-0.05, 0) is 39.5 Å². The lowest BCUT2D eigenvalue weighted by Gasteiger charge is -2.27. The second-order valence-corrected chi connectivity index (χ2v) is 5.28. The predicted octanol–water partition coefficient (Wildman–Crippen LogP) is 2.16. The van der Waals surface area contributed by atoms with Crippen LogP contribution in [0.3, 0.4) is 0 Å². The van der Waals surface area contributed by atoms with Crippen molar-refractivity contribution in [1.29, 1.82) is 0 Å². The van der Waals surface area contributed by atoms with Crippen LogP contribution in [0.4, 0.5) is 5.82 Å². The molecule has 0 bridgehead atoms. The third-order valence-electron chi connectivity index (χ3n) is 3.82. The van der Waals surface area contributed by atoms with E-state index >= 15 is 0 Å². The van der Waals surface area contributed by atoms with Crippen molar-refractivity contribution >= 4 is 11.8 Å². The van der Waals surface area contributed by atoms with E-state index in [0.29, 0.717) is 24.5 Å². The summed E-state index contributed by atoms with van der Waals surface area (Å²) in [7, 11) is 1.59. The quantitative estimate of drug-likeness (QED) is 0.878. The lowest BCUT2D eigenvalue weighted by molar-refractivity contribution is -0.142. The minimum atomic E-state index is -0.681. The molecule has 1 aromatic rings. The lowest BCUT2D eigenvalue weighted by Crippen LogP contribution is -2.30. The zero-order chi connectivity index (χ0) is 14.7. The predicted molar refractivity (Wildman–Crippen MR) is 75.1 cm³/mol. The first kappa shape index (κ1) is 14.6. The molecule has 1 fully saturated rings. The number of aliphatic carboxylic acids is 1. The van der Waals surface area contributed by atoms with Crippen LogP contribution in [0.1, 0.15) is 37.1 Å². The van der Waals surface area contributed by atoms with E-state index in [1.807, 2.05) is 13.8 Å². The van der Waals surface area contributed by atoms with Crippen LogP contribution < -0.4 is 10.1 Å². The highest BCUT2D eigenvalue weighted by molar-refractivity contribution is 5.70. The van der Waals surface area contributed by atoms with E-state index in [4.69, 9.17) is 9.84 Å². The van der Waals surface area contributed by atoms with Gasteiger partial charge in [0.1, 0.15) is 11.6 Å². The van der Waals surface area contributed by atoms with Crippen molar-refractivity contribution in [2.45, 2.75) is 45.6 Å². The average Bonchev–Trinajstić information content (AvgIpc) is 2.43. The van der Waals surface area contributed by atoms with Gasteiger partial charge in [-0.25, -0.2) is 4.98 Å². The molecule has 1 saturated carbocycles. The van der Waals surface area contributed by atoms with Crippen molar-refractivity contribution in [3.63, 3.8) is 0 Å². The highest BCUT2D eigenvalue weighted by Gasteiger charge is 2.26. The summed E-state index contributed by atoms with van der Waals surface area (Å²) in [6.45, 7) is 3.75. The molecule has 0 atom stereocenters. The van der Waals surface area contributed by atoms with Gasteiger partial charge in [0.25, 0.3) is 0 Å². The summed E-state index contributed by atoms with van der Waals surface area (Å²) < 4.78 is 5.24. The number of methoxy groups -OCH3 is 1. The summed E-state index contributed by atoms with van der Waals surface area (Å²) >= 11 is 0. The van der Waals surface area contributed by atoms with Crippen molar-refractivity contribution in [1.82, 2.24) is 9.97 Å². The molecule has 0 amide bonds. The number of carboxylic acids is 1. The maximum absolute atomic E-state index is 10.9. The van der Waals surface area contributed by atoms with Crippen molar-refractivity contribution in [3.05, 3.63) is 11.4 Å². The number of nitrogens with zero attached hydrogens (tertiary/aromatic N) is 2. The topological polar surface area (TPSA) is 84.3 Å². The number of rotatable bonds is 4. The molecule has 0 spiro atoms. The molecule has 2 rings (SSSR count). The monoisotopic (exact) mass is 279 g/mol. The number of ether oxygens (including phenoxy) is 1. The molecule has 20 heavy (non-hydrogen) atoms. The lowest BCUT2D eigenvalue weighted by atomic mass is 9.86. The van der Waals surface area contributed by atoms with E-state index in [0.717, 1.165) is 24.2 Å². The number of hydrogen-bond acceptors (Lipinski definition) is 5. The number of anilines is 1. The Morgan fingerprint density at radius 1 is 1.25 bits per heavy atom. The van der Waals surface area contributed by atoms with E-state index in [9.17, 15) is 4.79 Å². The number of carboxylic acid groups (broad SMARTS) is 1. The Morgan fingerprint density at radius 3 is 2.45 bits per heavy atom. The molecule has 0 saturated heterocycles. The van der Waals surface area contributed by atoms with Crippen LogP contribution in [0.15, 0.2) is 0 Å². The molecule has 0 aromatic carbocycles. The second kappa shape index (κ2) is 6.07. The van der Waals surface area contributed by atoms with Crippen molar-refractivity contribution in [2.24, 2.45) is 5.92 Å². The molecule has 1 aromatic heterocycles. The Hall–Kier alpha value is -1.85. The Kier molecular flexibility index (Phi) is 4.42. The number of nitrogens with one attached hydrogen (secondary N) is 1. The highest BCUT2D eigenvalue weighted by atomic mass is 16.5. The fourth-order valence-corrected chi connectivity index (χ4v) is 2.62. The molecule has 1 heterocycles. The third-order valence-corrected chi connectivity index (χ3v) is 3.82. The number of carbonyl (C=O) groups is 1. The third kappa shape index (κ3) is 3.18. The molecule has 2 N–H and O–H groups in total. The first-order valence-electron chi connectivity index (χ1n) is 6.89. The molecule has 1 aliphatic carbocycles. The largest absolute Gasteiger partial charge is 0.481 e. The molecule has 110 valence electrons. The van der Waals surface area contributed by atoms with Crippen molar-refractivity contribution in [2.75, 3.05) is 12.4 Å². The van der Waals surface area contributed by atoms with E-state index in [2.05, 4.69) is 15.3 Å². The Balaban J connectivity index is 2.04. The van der Waals surface area contributed by atoms with E-state index in [1.165, 1.54) is 0 Å². The molecule has 0 aliphatic heterocycles. The molecule has 0 radical (unpaired) electrons. The molecular formula is C14H21N3O3. The Bertz CT molecular complexity index is 497. The Labute approximate surface area is 118 Å².